The predicted octanol–water partition coefficient (Wildman–Crippen LogP) is -2.22. The van der Waals surface area contributed by atoms with E-state index in [4.69, 9.17) is 14.6 Å². The number of hydrogen-bond donors (Lipinski definition) is 1. The first-order chi connectivity index (χ1) is 6.77. The molecule has 0 rings (SSSR count). The summed E-state index contributed by atoms with van der Waals surface area (Å²) < 4.78 is 14.6. The maximum absolute atomic E-state index is 9.89. The van der Waals surface area contributed by atoms with Crippen LogP contribution in [0.5, 0.6) is 0 Å². The second kappa shape index (κ2) is 10.4. The van der Waals surface area contributed by atoms with Gasteiger partial charge in [-0.3, -0.25) is 0 Å². The van der Waals surface area contributed by atoms with E-state index < -0.39 is 12.6 Å². The lowest BCUT2D eigenvalue weighted by Crippen LogP contribution is -2.28. The first-order valence-corrected chi connectivity index (χ1v) is 4.31. The van der Waals surface area contributed by atoms with E-state index in [2.05, 4.69) is 4.74 Å². The zero-order valence-corrected chi connectivity index (χ0v) is 7.94. The lowest BCUT2D eigenvalue weighted by Gasteiger charge is -2.06. The van der Waals surface area contributed by atoms with Gasteiger partial charge in [0.15, 0.2) is 0 Å². The van der Waals surface area contributed by atoms with E-state index in [1.165, 1.54) is 0 Å². The topological polar surface area (TPSA) is 88.1 Å². The molecule has 0 spiro atoms. The number of carbonyl (C=O) groups excluding carboxylic acids is 1. The van der Waals surface area contributed by atoms with Crippen molar-refractivity contribution in [1.82, 2.24) is 0 Å². The number of aliphatic hydroxyl groups excluding tert-OH is 1. The average Bonchev–Trinajstić information content (AvgIpc) is 2.15. The fourth-order valence-corrected chi connectivity index (χ4v) is 0.660. The molecule has 1 N–H and O–H groups in total. The molecule has 0 heterocycles. The van der Waals surface area contributed by atoms with Crippen LogP contribution < -0.4 is 5.11 Å². The molecule has 0 atom stereocenters. The lowest BCUT2D eigenvalue weighted by molar-refractivity contribution is -0.309. The molecule has 0 saturated heterocycles. The zero-order valence-electron chi connectivity index (χ0n) is 7.94. The number of hydrogen-bond acceptors (Lipinski definition) is 6. The number of aliphatic hydroxyl groups is 1. The molecular weight excluding hydrogens is 192 g/mol. The van der Waals surface area contributed by atoms with E-state index in [0.29, 0.717) is 26.4 Å². The summed E-state index contributed by atoms with van der Waals surface area (Å²) in [6.45, 7) is 1.21. The summed E-state index contributed by atoms with van der Waals surface area (Å²) in [5.41, 5.74) is 0. The largest absolute Gasteiger partial charge is 0.548 e. The first kappa shape index (κ1) is 13.3. The Morgan fingerprint density at radius 3 is 2.00 bits per heavy atom. The Kier molecular flexibility index (Phi) is 9.88. The molecular formula is C8H15O6-. The molecule has 0 amide bonds. The van der Waals surface area contributed by atoms with Gasteiger partial charge in [-0.2, -0.15) is 0 Å². The van der Waals surface area contributed by atoms with E-state index in [9.17, 15) is 9.90 Å². The second-order valence-corrected chi connectivity index (χ2v) is 2.37. The lowest BCUT2D eigenvalue weighted by atomic mass is 10.7. The van der Waals surface area contributed by atoms with Gasteiger partial charge in [0.25, 0.3) is 0 Å². The standard InChI is InChI=1S/C8H16O6/c9-1-2-12-3-4-13-5-6-14-7-8(10)11/h9H,1-7H2,(H,10,11)/p-1. The molecule has 0 saturated carbocycles. The number of carbonyl (C=O) groups is 1. The number of aliphatic carboxylic acids is 1. The SMILES string of the molecule is O=C([O-])COCCOCCOCCO. The van der Waals surface area contributed by atoms with Crippen molar-refractivity contribution in [2.24, 2.45) is 0 Å². The fraction of sp³-hybridized carbons (Fsp3) is 0.875. The maximum Gasteiger partial charge on any atom is 0.0862 e. The predicted molar refractivity (Wildman–Crippen MR) is 44.5 cm³/mol. The van der Waals surface area contributed by atoms with Crippen molar-refractivity contribution in [2.45, 2.75) is 0 Å². The average molecular weight is 207 g/mol. The van der Waals surface area contributed by atoms with Gasteiger partial charge >= 0.3 is 0 Å². The third kappa shape index (κ3) is 11.3. The summed E-state index contributed by atoms with van der Waals surface area (Å²) >= 11 is 0. The highest BCUT2D eigenvalue weighted by Gasteiger charge is 1.90. The van der Waals surface area contributed by atoms with E-state index in [0.717, 1.165) is 0 Å². The van der Waals surface area contributed by atoms with Crippen LogP contribution in [-0.4, -0.2) is 57.3 Å². The molecule has 0 aliphatic heterocycles. The zero-order chi connectivity index (χ0) is 10.6. The Bertz CT molecular complexity index is 138. The van der Waals surface area contributed by atoms with E-state index >= 15 is 0 Å². The summed E-state index contributed by atoms with van der Waals surface area (Å²) in [7, 11) is 0. The van der Waals surface area contributed by atoms with Crippen molar-refractivity contribution in [3.05, 3.63) is 0 Å². The quantitative estimate of drug-likeness (QED) is 0.408. The van der Waals surface area contributed by atoms with Crippen LogP contribution in [0.1, 0.15) is 0 Å². The van der Waals surface area contributed by atoms with E-state index in [-0.39, 0.29) is 13.2 Å². The van der Waals surface area contributed by atoms with Gasteiger partial charge in [0.1, 0.15) is 0 Å². The number of rotatable bonds is 10. The van der Waals surface area contributed by atoms with Gasteiger partial charge in [0.05, 0.1) is 52.2 Å². The van der Waals surface area contributed by atoms with Gasteiger partial charge in [0.2, 0.25) is 0 Å². The molecule has 0 unspecified atom stereocenters. The van der Waals surface area contributed by atoms with Crippen LogP contribution in [-0.2, 0) is 19.0 Å². The number of carboxylic acid groups (broad SMARTS) is 1. The van der Waals surface area contributed by atoms with Gasteiger partial charge in [-0.1, -0.05) is 0 Å². The smallest absolute Gasteiger partial charge is 0.0862 e. The molecule has 14 heavy (non-hydrogen) atoms. The van der Waals surface area contributed by atoms with Crippen LogP contribution in [0.25, 0.3) is 0 Å². The first-order valence-electron chi connectivity index (χ1n) is 4.31. The van der Waals surface area contributed by atoms with Crippen LogP contribution in [0, 0.1) is 0 Å². The fourth-order valence-electron chi connectivity index (χ4n) is 0.660. The Balaban J connectivity index is 2.88. The summed E-state index contributed by atoms with van der Waals surface area (Å²) in [6.07, 6.45) is 0. The molecule has 0 aromatic carbocycles. The minimum absolute atomic E-state index is 0.00524. The van der Waals surface area contributed by atoms with Crippen LogP contribution >= 0.6 is 0 Å². The van der Waals surface area contributed by atoms with E-state index in [1.807, 2.05) is 0 Å². The highest BCUT2D eigenvalue weighted by Crippen LogP contribution is 1.80. The molecule has 0 aromatic heterocycles. The molecule has 6 heteroatoms. The van der Waals surface area contributed by atoms with Crippen molar-refractivity contribution in [3.8, 4) is 0 Å². The third-order valence-electron chi connectivity index (χ3n) is 1.20. The molecule has 0 radical (unpaired) electrons. The van der Waals surface area contributed by atoms with Crippen LogP contribution in [0.15, 0.2) is 0 Å². The molecule has 0 bridgehead atoms. The van der Waals surface area contributed by atoms with Crippen molar-refractivity contribution >= 4 is 5.97 Å². The number of ether oxygens (including phenoxy) is 3. The molecule has 0 aliphatic carbocycles. The monoisotopic (exact) mass is 207 g/mol. The van der Waals surface area contributed by atoms with Gasteiger partial charge < -0.3 is 29.2 Å². The molecule has 6 nitrogen and oxygen atoms in total. The normalized spacial score (nSPS) is 10.4. The minimum atomic E-state index is -1.24. The van der Waals surface area contributed by atoms with Crippen molar-refractivity contribution in [1.29, 1.82) is 0 Å². The van der Waals surface area contributed by atoms with Gasteiger partial charge in [-0.05, 0) is 0 Å². The highest BCUT2D eigenvalue weighted by atomic mass is 16.5. The molecule has 0 aromatic rings. The third-order valence-corrected chi connectivity index (χ3v) is 1.20. The van der Waals surface area contributed by atoms with Crippen molar-refractivity contribution < 1.29 is 29.2 Å². The summed E-state index contributed by atoms with van der Waals surface area (Å²) in [5, 5.41) is 18.2. The summed E-state index contributed by atoms with van der Waals surface area (Å²) in [5.74, 6) is -1.24. The molecule has 0 fully saturated rings. The molecule has 0 aliphatic rings. The van der Waals surface area contributed by atoms with Crippen molar-refractivity contribution in [2.75, 3.05) is 46.2 Å². The Labute approximate surface area is 82.4 Å². The van der Waals surface area contributed by atoms with Crippen LogP contribution in [0.4, 0.5) is 0 Å². The van der Waals surface area contributed by atoms with Crippen LogP contribution in [0.3, 0.4) is 0 Å². The molecule has 84 valence electrons. The van der Waals surface area contributed by atoms with Crippen molar-refractivity contribution in [3.63, 3.8) is 0 Å². The highest BCUT2D eigenvalue weighted by molar-refractivity contribution is 5.65. The second-order valence-electron chi connectivity index (χ2n) is 2.37. The Morgan fingerprint density at radius 2 is 1.50 bits per heavy atom. The minimum Gasteiger partial charge on any atom is -0.548 e. The van der Waals surface area contributed by atoms with Gasteiger partial charge in [-0.15, -0.1) is 0 Å². The van der Waals surface area contributed by atoms with E-state index in [1.54, 1.807) is 0 Å². The number of carboxylic acids is 1. The summed E-state index contributed by atoms with van der Waals surface area (Å²) in [6, 6.07) is 0. The summed E-state index contributed by atoms with van der Waals surface area (Å²) in [4.78, 5) is 9.89. The van der Waals surface area contributed by atoms with Crippen LogP contribution in [0.2, 0.25) is 0 Å². The van der Waals surface area contributed by atoms with Gasteiger partial charge in [0, 0.05) is 0 Å². The Morgan fingerprint density at radius 1 is 1.00 bits per heavy atom. The Hall–Kier alpha value is -0.690. The maximum atomic E-state index is 9.89. The van der Waals surface area contributed by atoms with Gasteiger partial charge in [-0.25, -0.2) is 0 Å².